The van der Waals surface area contributed by atoms with Gasteiger partial charge in [0.1, 0.15) is 5.15 Å². The molecule has 17 heavy (non-hydrogen) atoms. The summed E-state index contributed by atoms with van der Waals surface area (Å²) in [5.41, 5.74) is 2.47. The Kier molecular flexibility index (Phi) is 2.70. The second kappa shape index (κ2) is 4.22. The average molecular weight is 282 g/mol. The van der Waals surface area contributed by atoms with Crippen molar-refractivity contribution in [1.29, 1.82) is 0 Å². The molecule has 2 aromatic heterocycles. The van der Waals surface area contributed by atoms with Gasteiger partial charge in [0.2, 0.25) is 0 Å². The van der Waals surface area contributed by atoms with Gasteiger partial charge in [-0.15, -0.1) is 11.3 Å². The molecule has 0 saturated carbocycles. The van der Waals surface area contributed by atoms with Gasteiger partial charge >= 0.3 is 0 Å². The molecule has 0 aliphatic rings. The summed E-state index contributed by atoms with van der Waals surface area (Å²) in [4.78, 5) is 13.6. The average Bonchev–Trinajstić information content (AvgIpc) is 2.81. The number of halogens is 2. The Hall–Kier alpha value is -1.23. The van der Waals surface area contributed by atoms with Crippen molar-refractivity contribution in [2.45, 2.75) is 0 Å². The van der Waals surface area contributed by atoms with Crippen LogP contribution in [0.3, 0.4) is 0 Å². The van der Waals surface area contributed by atoms with Crippen LogP contribution < -0.4 is 0 Å². The molecule has 0 amide bonds. The van der Waals surface area contributed by atoms with E-state index in [1.165, 1.54) is 11.3 Å². The summed E-state index contributed by atoms with van der Waals surface area (Å²) in [7, 11) is 0. The molecule has 6 heteroatoms. The third kappa shape index (κ3) is 1.99. The monoisotopic (exact) mass is 281 g/mol. The number of nitrogens with zero attached hydrogens (tertiary/aromatic N) is 3. The molecule has 2 heterocycles. The largest absolute Gasteiger partial charge is 0.252 e. The lowest BCUT2D eigenvalue weighted by Gasteiger charge is -2.02. The van der Waals surface area contributed by atoms with Crippen molar-refractivity contribution in [3.8, 4) is 10.7 Å². The molecule has 0 spiro atoms. The predicted molar refractivity (Wildman–Crippen MR) is 70.7 cm³/mol. The maximum Gasteiger partial charge on any atom is 0.173 e. The summed E-state index contributed by atoms with van der Waals surface area (Å²) in [5, 5.41) is 1.85. The Morgan fingerprint density at radius 1 is 1.12 bits per heavy atom. The molecule has 0 aliphatic carbocycles. The summed E-state index contributed by atoms with van der Waals surface area (Å²) in [6.07, 6.45) is 1.71. The van der Waals surface area contributed by atoms with Crippen LogP contribution in [0.1, 0.15) is 0 Å². The molecule has 0 unspecified atom stereocenters. The number of aromatic nitrogens is 3. The van der Waals surface area contributed by atoms with Crippen molar-refractivity contribution < 1.29 is 0 Å². The van der Waals surface area contributed by atoms with E-state index in [0.717, 1.165) is 15.8 Å². The third-order valence-electron chi connectivity index (χ3n) is 2.27. The summed E-state index contributed by atoms with van der Waals surface area (Å²) in [5.74, 6) is 0.576. The van der Waals surface area contributed by atoms with E-state index in [-0.39, 0.29) is 0 Å². The van der Waals surface area contributed by atoms with E-state index >= 15 is 0 Å². The lowest BCUT2D eigenvalue weighted by molar-refractivity contribution is 1.23. The molecule has 0 aliphatic heterocycles. The van der Waals surface area contributed by atoms with E-state index in [9.17, 15) is 0 Å². The Bertz CT molecular complexity index is 682. The third-order valence-corrected chi connectivity index (χ3v) is 3.56. The van der Waals surface area contributed by atoms with Gasteiger partial charge in [0.25, 0.3) is 0 Å². The predicted octanol–water partition coefficient (Wildman–Crippen LogP) is 4.06. The maximum absolute atomic E-state index is 6.12. The second-order valence-electron chi connectivity index (χ2n) is 3.37. The molecule has 0 atom stereocenters. The van der Waals surface area contributed by atoms with Crippen molar-refractivity contribution in [2.75, 3.05) is 0 Å². The Morgan fingerprint density at radius 3 is 2.76 bits per heavy atom. The molecule has 3 nitrogen and oxygen atoms in total. The minimum absolute atomic E-state index is 0.426. The summed E-state index contributed by atoms with van der Waals surface area (Å²) in [6, 6.07) is 5.36. The van der Waals surface area contributed by atoms with Crippen molar-refractivity contribution in [3.05, 3.63) is 40.1 Å². The van der Waals surface area contributed by atoms with Crippen LogP contribution in [0, 0.1) is 0 Å². The maximum atomic E-state index is 6.12. The van der Waals surface area contributed by atoms with E-state index in [2.05, 4.69) is 15.0 Å². The molecule has 1 aromatic carbocycles. The Morgan fingerprint density at radius 2 is 2.00 bits per heavy atom. The van der Waals surface area contributed by atoms with Gasteiger partial charge in [-0.3, -0.25) is 4.98 Å². The van der Waals surface area contributed by atoms with Gasteiger partial charge in [-0.25, -0.2) is 9.97 Å². The Balaban J connectivity index is 2.29. The smallest absolute Gasteiger partial charge is 0.173 e. The van der Waals surface area contributed by atoms with Crippen LogP contribution in [-0.2, 0) is 0 Å². The summed E-state index contributed by atoms with van der Waals surface area (Å²) < 4.78 is 0. The molecule has 84 valence electrons. The number of hydrogen-bond acceptors (Lipinski definition) is 4. The zero-order valence-electron chi connectivity index (χ0n) is 8.39. The summed E-state index contributed by atoms with van der Waals surface area (Å²) in [6.45, 7) is 0. The van der Waals surface area contributed by atoms with Crippen LogP contribution in [0.4, 0.5) is 0 Å². The van der Waals surface area contributed by atoms with Crippen LogP contribution in [-0.4, -0.2) is 15.0 Å². The normalized spacial score (nSPS) is 10.9. The topological polar surface area (TPSA) is 38.7 Å². The van der Waals surface area contributed by atoms with E-state index in [1.807, 2.05) is 6.07 Å². The molecule has 3 aromatic rings. The van der Waals surface area contributed by atoms with Crippen LogP contribution >= 0.6 is 34.5 Å². The first-order chi connectivity index (χ1) is 8.24. The molecule has 0 bridgehead atoms. The number of thiazole rings is 1. The van der Waals surface area contributed by atoms with Crippen LogP contribution in [0.5, 0.6) is 0 Å². The minimum Gasteiger partial charge on any atom is -0.252 e. The number of fused-ring (bicyclic) bond motifs is 1. The van der Waals surface area contributed by atoms with Crippen LogP contribution in [0.15, 0.2) is 29.9 Å². The van der Waals surface area contributed by atoms with E-state index in [4.69, 9.17) is 23.2 Å². The first kappa shape index (κ1) is 10.9. The molecule has 0 saturated heterocycles. The molecule has 0 radical (unpaired) electrons. The van der Waals surface area contributed by atoms with Crippen molar-refractivity contribution in [2.24, 2.45) is 0 Å². The molecule has 0 N–H and O–H groups in total. The first-order valence-electron chi connectivity index (χ1n) is 4.76. The Labute approximate surface area is 111 Å². The van der Waals surface area contributed by atoms with Gasteiger partial charge in [0.15, 0.2) is 5.82 Å². The highest BCUT2D eigenvalue weighted by Gasteiger charge is 2.09. The van der Waals surface area contributed by atoms with E-state index in [1.54, 1.807) is 23.8 Å². The molecular weight excluding hydrogens is 277 g/mol. The second-order valence-corrected chi connectivity index (χ2v) is 5.05. The molecular formula is C11H5Cl2N3S. The van der Waals surface area contributed by atoms with Crippen LogP contribution in [0.2, 0.25) is 10.2 Å². The fourth-order valence-corrected chi connectivity index (χ4v) is 2.46. The quantitative estimate of drug-likeness (QED) is 0.632. The first-order valence-corrected chi connectivity index (χ1v) is 6.39. The highest BCUT2D eigenvalue weighted by Crippen LogP contribution is 2.27. The minimum atomic E-state index is 0.426. The SMILES string of the molecule is Clc1ccc2c(Cl)nc(-c3cncs3)nc2c1. The lowest BCUT2D eigenvalue weighted by Crippen LogP contribution is -1.90. The van der Waals surface area contributed by atoms with E-state index in [0.29, 0.717) is 16.0 Å². The van der Waals surface area contributed by atoms with Crippen LogP contribution in [0.25, 0.3) is 21.6 Å². The standard InChI is InChI=1S/C11H5Cl2N3S/c12-6-1-2-7-8(3-6)15-11(16-10(7)13)9-4-14-5-17-9/h1-5H. The lowest BCUT2D eigenvalue weighted by atomic mass is 10.2. The summed E-state index contributed by atoms with van der Waals surface area (Å²) >= 11 is 13.5. The fourth-order valence-electron chi connectivity index (χ4n) is 1.50. The number of benzene rings is 1. The highest BCUT2D eigenvalue weighted by atomic mass is 35.5. The van der Waals surface area contributed by atoms with Gasteiger partial charge in [-0.1, -0.05) is 23.2 Å². The van der Waals surface area contributed by atoms with Crippen molar-refractivity contribution >= 4 is 45.4 Å². The van der Waals surface area contributed by atoms with E-state index < -0.39 is 0 Å². The van der Waals surface area contributed by atoms with Gasteiger partial charge in [0, 0.05) is 16.6 Å². The molecule has 0 fully saturated rings. The zero-order chi connectivity index (χ0) is 11.8. The fraction of sp³-hybridized carbons (Fsp3) is 0. The number of hydrogen-bond donors (Lipinski definition) is 0. The number of rotatable bonds is 1. The van der Waals surface area contributed by atoms with Gasteiger partial charge in [-0.2, -0.15) is 0 Å². The van der Waals surface area contributed by atoms with Gasteiger partial charge in [0.05, 0.1) is 15.9 Å². The highest BCUT2D eigenvalue weighted by molar-refractivity contribution is 7.13. The zero-order valence-corrected chi connectivity index (χ0v) is 10.7. The molecule has 3 rings (SSSR count). The van der Waals surface area contributed by atoms with Crippen molar-refractivity contribution in [3.63, 3.8) is 0 Å². The van der Waals surface area contributed by atoms with Gasteiger partial charge < -0.3 is 0 Å². The van der Waals surface area contributed by atoms with Crippen molar-refractivity contribution in [1.82, 2.24) is 15.0 Å². The van der Waals surface area contributed by atoms with Gasteiger partial charge in [-0.05, 0) is 18.2 Å².